The zero-order valence-electron chi connectivity index (χ0n) is 10.4. The van der Waals surface area contributed by atoms with Gasteiger partial charge in [-0.05, 0) is 23.6 Å². The summed E-state index contributed by atoms with van der Waals surface area (Å²) in [5.74, 6) is 0.215. The number of phenols is 1. The summed E-state index contributed by atoms with van der Waals surface area (Å²) in [4.78, 5) is 5.19. The van der Waals surface area contributed by atoms with Crippen LogP contribution in [0.25, 0.3) is 10.8 Å². The van der Waals surface area contributed by atoms with Gasteiger partial charge in [-0.2, -0.15) is 13.2 Å². The zero-order valence-corrected chi connectivity index (χ0v) is 11.9. The molecule has 1 heterocycles. The molecule has 0 saturated carbocycles. The van der Waals surface area contributed by atoms with E-state index in [1.807, 2.05) is 0 Å². The monoisotopic (exact) mass is 348 g/mol. The van der Waals surface area contributed by atoms with Crippen LogP contribution in [0.2, 0.25) is 0 Å². The highest BCUT2D eigenvalue weighted by molar-refractivity contribution is 9.09. The fraction of sp³-hybridized carbons (Fsp3) is 0.308. The number of nitrogens with zero attached hydrogens (tertiary/aromatic N) is 2. The minimum atomic E-state index is -4.32. The van der Waals surface area contributed by atoms with Crippen LogP contribution in [0.4, 0.5) is 19.0 Å². The molecule has 2 rings (SSSR count). The maximum Gasteiger partial charge on any atom is 0.405 e. The Hall–Kier alpha value is -1.50. The van der Waals surface area contributed by atoms with E-state index in [1.54, 1.807) is 12.1 Å². The molecule has 0 atom stereocenters. The van der Waals surface area contributed by atoms with Gasteiger partial charge in [0.2, 0.25) is 0 Å². The lowest BCUT2D eigenvalue weighted by Gasteiger charge is -2.25. The Morgan fingerprint density at radius 2 is 2.00 bits per heavy atom. The molecule has 0 bridgehead atoms. The average molecular weight is 349 g/mol. The van der Waals surface area contributed by atoms with Crippen molar-refractivity contribution in [1.29, 1.82) is 0 Å². The van der Waals surface area contributed by atoms with Crippen LogP contribution in [0.1, 0.15) is 0 Å². The normalized spacial score (nSPS) is 11.8. The number of fused-ring (bicyclic) bond motifs is 1. The number of hydrogen-bond acceptors (Lipinski definition) is 3. The van der Waals surface area contributed by atoms with E-state index in [1.165, 1.54) is 18.3 Å². The quantitative estimate of drug-likeness (QED) is 0.855. The second kappa shape index (κ2) is 5.87. The molecule has 1 aromatic carbocycles. The van der Waals surface area contributed by atoms with E-state index >= 15 is 0 Å². The van der Waals surface area contributed by atoms with Gasteiger partial charge in [0.25, 0.3) is 0 Å². The van der Waals surface area contributed by atoms with Crippen molar-refractivity contribution < 1.29 is 18.3 Å². The van der Waals surface area contributed by atoms with Gasteiger partial charge < -0.3 is 10.0 Å². The highest BCUT2D eigenvalue weighted by Gasteiger charge is 2.31. The van der Waals surface area contributed by atoms with E-state index in [0.29, 0.717) is 10.7 Å². The second-order valence-corrected chi connectivity index (χ2v) is 5.06. The van der Waals surface area contributed by atoms with Gasteiger partial charge in [-0.15, -0.1) is 0 Å². The highest BCUT2D eigenvalue weighted by atomic mass is 79.9. The number of pyridine rings is 1. The summed E-state index contributed by atoms with van der Waals surface area (Å²) < 4.78 is 38.0. The molecular weight excluding hydrogens is 337 g/mol. The molecule has 0 aliphatic carbocycles. The first-order valence-corrected chi connectivity index (χ1v) is 6.98. The maximum atomic E-state index is 12.7. The third kappa shape index (κ3) is 3.53. The molecule has 0 fully saturated rings. The molecule has 0 amide bonds. The molecule has 0 unspecified atom stereocenters. The van der Waals surface area contributed by atoms with Crippen LogP contribution in [0.15, 0.2) is 30.5 Å². The van der Waals surface area contributed by atoms with E-state index < -0.39 is 12.7 Å². The molecule has 2 aromatic rings. The van der Waals surface area contributed by atoms with Gasteiger partial charge in [0.1, 0.15) is 18.1 Å². The molecule has 0 aliphatic rings. The Labute approximate surface area is 122 Å². The van der Waals surface area contributed by atoms with Gasteiger partial charge in [-0.1, -0.05) is 22.0 Å². The summed E-state index contributed by atoms with van der Waals surface area (Å²) >= 11 is 3.15. The van der Waals surface area contributed by atoms with Crippen LogP contribution >= 0.6 is 15.9 Å². The number of halogens is 4. The SMILES string of the molecule is Oc1ccc2ccnc(N(CCBr)CC(F)(F)F)c2c1. The molecule has 1 aromatic heterocycles. The molecule has 0 spiro atoms. The highest BCUT2D eigenvalue weighted by Crippen LogP contribution is 2.29. The Balaban J connectivity index is 2.49. The Morgan fingerprint density at radius 3 is 2.65 bits per heavy atom. The van der Waals surface area contributed by atoms with E-state index in [-0.39, 0.29) is 18.1 Å². The van der Waals surface area contributed by atoms with Crippen molar-refractivity contribution in [1.82, 2.24) is 4.98 Å². The number of alkyl halides is 4. The van der Waals surface area contributed by atoms with Gasteiger partial charge in [0, 0.05) is 23.5 Å². The lowest BCUT2D eigenvalue weighted by Crippen LogP contribution is -2.36. The van der Waals surface area contributed by atoms with Crippen LogP contribution in [-0.2, 0) is 0 Å². The standard InChI is InChI=1S/C13H12BrF3N2O/c14-4-6-19(8-13(15,16)17)12-11-7-10(20)2-1-9(11)3-5-18-12/h1-3,5,7,20H,4,6,8H2. The molecule has 1 N–H and O–H groups in total. The predicted molar refractivity (Wildman–Crippen MR) is 75.5 cm³/mol. The summed E-state index contributed by atoms with van der Waals surface area (Å²) in [5, 5.41) is 11.1. The van der Waals surface area contributed by atoms with Gasteiger partial charge >= 0.3 is 6.18 Å². The smallest absolute Gasteiger partial charge is 0.405 e. The van der Waals surface area contributed by atoms with Gasteiger partial charge in [-0.25, -0.2) is 4.98 Å². The molecule has 0 aliphatic heterocycles. The largest absolute Gasteiger partial charge is 0.508 e. The van der Waals surface area contributed by atoms with Crippen LogP contribution in [0.3, 0.4) is 0 Å². The Bertz CT molecular complexity index is 604. The minimum Gasteiger partial charge on any atom is -0.508 e. The fourth-order valence-electron chi connectivity index (χ4n) is 1.97. The lowest BCUT2D eigenvalue weighted by molar-refractivity contribution is -0.119. The van der Waals surface area contributed by atoms with Gasteiger partial charge in [0.05, 0.1) is 0 Å². The molecule has 0 saturated heterocycles. The number of aromatic hydroxyl groups is 1. The molecule has 7 heteroatoms. The summed E-state index contributed by atoms with van der Waals surface area (Å²) in [6.45, 7) is -0.915. The average Bonchev–Trinajstić information content (AvgIpc) is 2.36. The van der Waals surface area contributed by atoms with Crippen LogP contribution in [0.5, 0.6) is 5.75 Å². The van der Waals surface area contributed by atoms with Crippen LogP contribution in [0, 0.1) is 0 Å². The molecule has 3 nitrogen and oxygen atoms in total. The topological polar surface area (TPSA) is 36.4 Å². The van der Waals surface area contributed by atoms with Crippen molar-refractivity contribution in [2.24, 2.45) is 0 Å². The van der Waals surface area contributed by atoms with E-state index in [4.69, 9.17) is 0 Å². The molecule has 20 heavy (non-hydrogen) atoms. The third-order valence-electron chi connectivity index (χ3n) is 2.75. The van der Waals surface area contributed by atoms with Gasteiger partial charge in [-0.3, -0.25) is 0 Å². The summed E-state index contributed by atoms with van der Waals surface area (Å²) in [7, 11) is 0. The van der Waals surface area contributed by atoms with Crippen molar-refractivity contribution in [3.63, 3.8) is 0 Å². The number of benzene rings is 1. The van der Waals surface area contributed by atoms with E-state index in [9.17, 15) is 18.3 Å². The number of anilines is 1. The predicted octanol–water partition coefficient (Wildman–Crippen LogP) is 3.70. The van der Waals surface area contributed by atoms with Crippen molar-refractivity contribution in [2.75, 3.05) is 23.3 Å². The van der Waals surface area contributed by atoms with Crippen molar-refractivity contribution in [3.05, 3.63) is 30.5 Å². The first-order chi connectivity index (χ1) is 9.40. The summed E-state index contributed by atoms with van der Waals surface area (Å²) in [6.07, 6.45) is -2.85. The number of aromatic nitrogens is 1. The van der Waals surface area contributed by atoms with Crippen molar-refractivity contribution in [3.8, 4) is 5.75 Å². The van der Waals surface area contributed by atoms with E-state index in [0.717, 1.165) is 10.3 Å². The van der Waals surface area contributed by atoms with Crippen LogP contribution in [-0.4, -0.2) is 34.7 Å². The first kappa shape index (κ1) is 14.9. The minimum absolute atomic E-state index is 0.00227. The van der Waals surface area contributed by atoms with E-state index in [2.05, 4.69) is 20.9 Å². The van der Waals surface area contributed by atoms with Crippen molar-refractivity contribution >= 4 is 32.5 Å². The fourth-order valence-corrected chi connectivity index (χ4v) is 2.40. The zero-order chi connectivity index (χ0) is 14.8. The second-order valence-electron chi connectivity index (χ2n) is 4.27. The third-order valence-corrected chi connectivity index (χ3v) is 3.11. The van der Waals surface area contributed by atoms with Crippen LogP contribution < -0.4 is 4.90 Å². The molecular formula is C13H12BrF3N2O. The number of hydrogen-bond donors (Lipinski definition) is 1. The van der Waals surface area contributed by atoms with Gasteiger partial charge in [0.15, 0.2) is 0 Å². The molecule has 0 radical (unpaired) electrons. The lowest BCUT2D eigenvalue weighted by atomic mass is 10.1. The first-order valence-electron chi connectivity index (χ1n) is 5.86. The summed E-state index contributed by atoms with van der Waals surface area (Å²) in [6, 6.07) is 6.26. The Morgan fingerprint density at radius 1 is 1.25 bits per heavy atom. The Kier molecular flexibility index (Phi) is 4.37. The number of phenolic OH excluding ortho intramolecular Hbond substituents is 1. The maximum absolute atomic E-state index is 12.7. The van der Waals surface area contributed by atoms with Crippen molar-refractivity contribution in [2.45, 2.75) is 6.18 Å². The number of rotatable bonds is 4. The summed E-state index contributed by atoms with van der Waals surface area (Å²) in [5.41, 5.74) is 0. The molecule has 108 valence electrons.